The number of nitrogens with zero attached hydrogens (tertiary/aromatic N) is 1. The molecule has 0 aliphatic carbocycles. The molecule has 0 aliphatic rings. The molecule has 1 heteroatoms. The zero-order valence-corrected chi connectivity index (χ0v) is 15.3. The standard InChI is InChI=1S/C24H23N/c1-16-10-11-23(19(4)18(16)3)21-12-22-13-24(17(2)14-25(22)15-21)20-8-6-5-7-9-20/h5-15H,1-4H3. The summed E-state index contributed by atoms with van der Waals surface area (Å²) in [5.41, 5.74) is 11.8. The Kier molecular flexibility index (Phi) is 3.73. The van der Waals surface area contributed by atoms with Crippen molar-refractivity contribution >= 4 is 5.52 Å². The highest BCUT2D eigenvalue weighted by Crippen LogP contribution is 2.31. The average Bonchev–Trinajstić information content (AvgIpc) is 3.02. The molecule has 0 atom stereocenters. The summed E-state index contributed by atoms with van der Waals surface area (Å²) in [6, 6.07) is 19.7. The van der Waals surface area contributed by atoms with Crippen molar-refractivity contribution in [2.45, 2.75) is 27.7 Å². The van der Waals surface area contributed by atoms with E-state index < -0.39 is 0 Å². The van der Waals surface area contributed by atoms with Crippen LogP contribution in [0.1, 0.15) is 22.3 Å². The van der Waals surface area contributed by atoms with E-state index in [1.54, 1.807) is 0 Å². The van der Waals surface area contributed by atoms with E-state index in [0.717, 1.165) is 0 Å². The number of rotatable bonds is 2. The van der Waals surface area contributed by atoms with Crippen molar-refractivity contribution in [1.29, 1.82) is 0 Å². The van der Waals surface area contributed by atoms with Crippen LogP contribution in [0.2, 0.25) is 0 Å². The minimum Gasteiger partial charge on any atom is -0.323 e. The maximum atomic E-state index is 2.30. The van der Waals surface area contributed by atoms with E-state index in [2.05, 4.69) is 99.1 Å². The molecule has 4 rings (SSSR count). The molecule has 0 spiro atoms. The van der Waals surface area contributed by atoms with Crippen LogP contribution in [0.4, 0.5) is 0 Å². The lowest BCUT2D eigenvalue weighted by Crippen LogP contribution is -1.90. The third-order valence-electron chi connectivity index (χ3n) is 5.38. The number of aryl methyl sites for hydroxylation is 2. The Labute approximate surface area is 149 Å². The van der Waals surface area contributed by atoms with Crippen molar-refractivity contribution in [3.05, 3.63) is 89.2 Å². The number of hydrogen-bond donors (Lipinski definition) is 0. The van der Waals surface area contributed by atoms with Crippen LogP contribution in [-0.4, -0.2) is 4.40 Å². The number of fused-ring (bicyclic) bond motifs is 1. The summed E-state index contributed by atoms with van der Waals surface area (Å²) in [7, 11) is 0. The summed E-state index contributed by atoms with van der Waals surface area (Å²) in [6.07, 6.45) is 4.48. The highest BCUT2D eigenvalue weighted by atomic mass is 14.9. The largest absolute Gasteiger partial charge is 0.323 e. The topological polar surface area (TPSA) is 4.41 Å². The lowest BCUT2D eigenvalue weighted by Gasteiger charge is -2.09. The van der Waals surface area contributed by atoms with E-state index in [1.807, 2.05) is 0 Å². The molecule has 124 valence electrons. The van der Waals surface area contributed by atoms with Crippen molar-refractivity contribution < 1.29 is 0 Å². The molecular formula is C24H23N. The zero-order valence-electron chi connectivity index (χ0n) is 15.3. The summed E-state index contributed by atoms with van der Waals surface area (Å²) >= 11 is 0. The van der Waals surface area contributed by atoms with Gasteiger partial charge in [-0.3, -0.25) is 0 Å². The molecule has 0 N–H and O–H groups in total. The molecule has 0 unspecified atom stereocenters. The van der Waals surface area contributed by atoms with Gasteiger partial charge in [0.2, 0.25) is 0 Å². The van der Waals surface area contributed by atoms with Crippen LogP contribution in [0.15, 0.2) is 67.0 Å². The second-order valence-electron chi connectivity index (χ2n) is 6.98. The van der Waals surface area contributed by atoms with E-state index in [0.29, 0.717) is 0 Å². The van der Waals surface area contributed by atoms with Crippen LogP contribution in [-0.2, 0) is 0 Å². The third-order valence-corrected chi connectivity index (χ3v) is 5.38. The van der Waals surface area contributed by atoms with Crippen molar-refractivity contribution in [2.75, 3.05) is 0 Å². The number of aromatic nitrogens is 1. The molecule has 0 radical (unpaired) electrons. The molecule has 0 aliphatic heterocycles. The number of hydrogen-bond acceptors (Lipinski definition) is 0. The molecule has 2 heterocycles. The van der Waals surface area contributed by atoms with Gasteiger partial charge in [0.15, 0.2) is 0 Å². The smallest absolute Gasteiger partial charge is 0.0462 e. The Morgan fingerprint density at radius 3 is 2.12 bits per heavy atom. The average molecular weight is 325 g/mol. The summed E-state index contributed by atoms with van der Waals surface area (Å²) in [5.74, 6) is 0. The van der Waals surface area contributed by atoms with Gasteiger partial charge in [0, 0.05) is 23.5 Å². The van der Waals surface area contributed by atoms with E-state index in [4.69, 9.17) is 0 Å². The lowest BCUT2D eigenvalue weighted by molar-refractivity contribution is 1.17. The Bertz CT molecular complexity index is 1070. The van der Waals surface area contributed by atoms with Crippen molar-refractivity contribution in [1.82, 2.24) is 4.40 Å². The predicted octanol–water partition coefficient (Wildman–Crippen LogP) is 6.51. The Hall–Kier alpha value is -2.80. The summed E-state index contributed by atoms with van der Waals surface area (Å²) in [5, 5.41) is 0. The molecular weight excluding hydrogens is 302 g/mol. The van der Waals surface area contributed by atoms with Crippen LogP contribution in [0.3, 0.4) is 0 Å². The van der Waals surface area contributed by atoms with Gasteiger partial charge in [-0.1, -0.05) is 42.5 Å². The van der Waals surface area contributed by atoms with Gasteiger partial charge in [-0.15, -0.1) is 0 Å². The van der Waals surface area contributed by atoms with E-state index >= 15 is 0 Å². The van der Waals surface area contributed by atoms with Gasteiger partial charge in [-0.2, -0.15) is 0 Å². The molecule has 0 saturated heterocycles. The molecule has 2 aromatic carbocycles. The summed E-state index contributed by atoms with van der Waals surface area (Å²) in [4.78, 5) is 0. The van der Waals surface area contributed by atoms with Gasteiger partial charge in [-0.05, 0) is 78.8 Å². The van der Waals surface area contributed by atoms with Gasteiger partial charge >= 0.3 is 0 Å². The minimum absolute atomic E-state index is 1.23. The van der Waals surface area contributed by atoms with Crippen molar-refractivity contribution in [2.24, 2.45) is 0 Å². The number of pyridine rings is 1. The Balaban J connectivity index is 1.88. The van der Waals surface area contributed by atoms with Crippen LogP contribution in [0.5, 0.6) is 0 Å². The van der Waals surface area contributed by atoms with Gasteiger partial charge in [0.05, 0.1) is 0 Å². The summed E-state index contributed by atoms with van der Waals surface area (Å²) < 4.78 is 2.24. The van der Waals surface area contributed by atoms with Crippen LogP contribution >= 0.6 is 0 Å². The minimum atomic E-state index is 1.23. The monoisotopic (exact) mass is 325 g/mol. The van der Waals surface area contributed by atoms with Crippen LogP contribution in [0, 0.1) is 27.7 Å². The fraction of sp³-hybridized carbons (Fsp3) is 0.167. The molecule has 0 bridgehead atoms. The fourth-order valence-electron chi connectivity index (χ4n) is 3.61. The van der Waals surface area contributed by atoms with Gasteiger partial charge in [0.25, 0.3) is 0 Å². The lowest BCUT2D eigenvalue weighted by atomic mass is 9.95. The highest BCUT2D eigenvalue weighted by molar-refractivity contribution is 5.78. The molecule has 0 amide bonds. The number of benzene rings is 2. The predicted molar refractivity (Wildman–Crippen MR) is 107 cm³/mol. The first kappa shape index (κ1) is 15.7. The maximum absolute atomic E-state index is 2.30. The van der Waals surface area contributed by atoms with Gasteiger partial charge < -0.3 is 4.40 Å². The highest BCUT2D eigenvalue weighted by Gasteiger charge is 2.10. The van der Waals surface area contributed by atoms with Crippen molar-refractivity contribution in [3.8, 4) is 22.3 Å². The first-order valence-electron chi connectivity index (χ1n) is 8.79. The quantitative estimate of drug-likeness (QED) is 0.396. The van der Waals surface area contributed by atoms with Crippen LogP contribution in [0.25, 0.3) is 27.8 Å². The third kappa shape index (κ3) is 2.66. The van der Waals surface area contributed by atoms with Gasteiger partial charge in [0.1, 0.15) is 0 Å². The maximum Gasteiger partial charge on any atom is 0.0462 e. The second kappa shape index (κ2) is 5.93. The molecule has 0 fully saturated rings. The second-order valence-corrected chi connectivity index (χ2v) is 6.98. The van der Waals surface area contributed by atoms with Crippen molar-refractivity contribution in [3.63, 3.8) is 0 Å². The Morgan fingerprint density at radius 1 is 0.600 bits per heavy atom. The van der Waals surface area contributed by atoms with Crippen LogP contribution < -0.4 is 0 Å². The molecule has 25 heavy (non-hydrogen) atoms. The Morgan fingerprint density at radius 2 is 1.36 bits per heavy atom. The normalized spacial score (nSPS) is 11.2. The zero-order chi connectivity index (χ0) is 17.6. The van der Waals surface area contributed by atoms with E-state index in [9.17, 15) is 0 Å². The molecule has 4 aromatic rings. The molecule has 0 saturated carbocycles. The summed E-state index contributed by atoms with van der Waals surface area (Å²) in [6.45, 7) is 8.79. The molecule has 1 nitrogen and oxygen atoms in total. The first-order valence-corrected chi connectivity index (χ1v) is 8.79. The molecule has 2 aromatic heterocycles. The van der Waals surface area contributed by atoms with E-state index in [1.165, 1.54) is 50.0 Å². The first-order chi connectivity index (χ1) is 12.0. The van der Waals surface area contributed by atoms with E-state index in [-0.39, 0.29) is 0 Å². The van der Waals surface area contributed by atoms with Gasteiger partial charge in [-0.25, -0.2) is 0 Å². The SMILES string of the molecule is Cc1cn2cc(-c3ccc(C)c(C)c3C)cc2cc1-c1ccccc1. The fourth-order valence-corrected chi connectivity index (χ4v) is 3.61.